The number of H-pyrrole nitrogens is 1. The third kappa shape index (κ3) is 5.84. The predicted molar refractivity (Wildman–Crippen MR) is 92.4 cm³/mol. The molecule has 3 rings (SSSR count). The lowest BCUT2D eigenvalue weighted by Crippen LogP contribution is -2.43. The van der Waals surface area contributed by atoms with Gasteiger partial charge in [-0.25, -0.2) is 9.78 Å². The average Bonchev–Trinajstić information content (AvgIpc) is 2.94. The molecule has 6 nitrogen and oxygen atoms in total. The number of nitrogens with zero attached hydrogens (tertiary/aromatic N) is 2. The number of carbonyl (C=O) groups is 1. The Labute approximate surface area is 144 Å². The van der Waals surface area contributed by atoms with Crippen LogP contribution in [0.1, 0.15) is 20.8 Å². The number of aromatic nitrogens is 2. The molecule has 0 spiro atoms. The fraction of sp³-hybridized carbons (Fsp3) is 0.500. The van der Waals surface area contributed by atoms with E-state index in [-0.39, 0.29) is 6.09 Å². The van der Waals surface area contributed by atoms with Gasteiger partial charge in [-0.1, -0.05) is 15.9 Å². The van der Waals surface area contributed by atoms with Gasteiger partial charge in [0.15, 0.2) is 0 Å². The van der Waals surface area contributed by atoms with Gasteiger partial charge in [0.2, 0.25) is 0 Å². The molecule has 23 heavy (non-hydrogen) atoms. The summed E-state index contributed by atoms with van der Waals surface area (Å²) in [6, 6.07) is 5.95. The SMILES string of the molecule is Brc1ccc2nc[nH]c2c1.CC(C)(C)OC(=O)N1CCOCC1. The molecule has 1 aromatic heterocycles. The summed E-state index contributed by atoms with van der Waals surface area (Å²) in [4.78, 5) is 20.2. The normalized spacial score (nSPS) is 15.0. The van der Waals surface area contributed by atoms with Gasteiger partial charge in [-0.15, -0.1) is 0 Å². The highest BCUT2D eigenvalue weighted by Crippen LogP contribution is 2.15. The first-order valence-corrected chi connectivity index (χ1v) is 8.29. The third-order valence-electron chi connectivity index (χ3n) is 3.05. The third-order valence-corrected chi connectivity index (χ3v) is 3.54. The molecule has 2 aromatic rings. The predicted octanol–water partition coefficient (Wildman–Crippen LogP) is 3.58. The van der Waals surface area contributed by atoms with Crippen molar-refractivity contribution in [1.82, 2.24) is 14.9 Å². The van der Waals surface area contributed by atoms with Crippen LogP contribution in [0.3, 0.4) is 0 Å². The first-order valence-electron chi connectivity index (χ1n) is 7.49. The largest absolute Gasteiger partial charge is 0.444 e. The Bertz CT molecular complexity index is 645. The number of halogens is 1. The van der Waals surface area contributed by atoms with Crippen LogP contribution in [0.4, 0.5) is 4.79 Å². The summed E-state index contributed by atoms with van der Waals surface area (Å²) in [6.07, 6.45) is 1.45. The van der Waals surface area contributed by atoms with Crippen molar-refractivity contribution in [3.8, 4) is 0 Å². The molecule has 1 amide bonds. The fourth-order valence-corrected chi connectivity index (χ4v) is 2.34. The minimum absolute atomic E-state index is 0.240. The van der Waals surface area contributed by atoms with Crippen LogP contribution < -0.4 is 0 Å². The molecule has 0 radical (unpaired) electrons. The summed E-state index contributed by atoms with van der Waals surface area (Å²) in [6.45, 7) is 8.09. The van der Waals surface area contributed by atoms with Crippen molar-refractivity contribution in [2.75, 3.05) is 26.3 Å². The Morgan fingerprint density at radius 3 is 2.70 bits per heavy atom. The minimum Gasteiger partial charge on any atom is -0.444 e. The second kappa shape index (κ2) is 7.79. The lowest BCUT2D eigenvalue weighted by atomic mass is 10.2. The van der Waals surface area contributed by atoms with E-state index in [2.05, 4.69) is 25.9 Å². The van der Waals surface area contributed by atoms with Crippen LogP contribution in [0, 0.1) is 0 Å². The number of aromatic amines is 1. The van der Waals surface area contributed by atoms with Crippen LogP contribution in [-0.4, -0.2) is 52.9 Å². The van der Waals surface area contributed by atoms with Gasteiger partial charge in [0.1, 0.15) is 5.60 Å². The Kier molecular flexibility index (Phi) is 6.01. The monoisotopic (exact) mass is 383 g/mol. The summed E-state index contributed by atoms with van der Waals surface area (Å²) >= 11 is 3.37. The van der Waals surface area contributed by atoms with Gasteiger partial charge in [0.25, 0.3) is 0 Å². The van der Waals surface area contributed by atoms with E-state index in [1.165, 1.54) is 0 Å². The second-order valence-corrected chi connectivity index (χ2v) is 7.06. The molecule has 0 atom stereocenters. The summed E-state index contributed by atoms with van der Waals surface area (Å²) in [7, 11) is 0. The lowest BCUT2D eigenvalue weighted by molar-refractivity contribution is -0.00677. The van der Waals surface area contributed by atoms with Crippen LogP contribution >= 0.6 is 15.9 Å². The van der Waals surface area contributed by atoms with E-state index in [0.29, 0.717) is 26.3 Å². The van der Waals surface area contributed by atoms with Crippen LogP contribution in [0.2, 0.25) is 0 Å². The van der Waals surface area contributed by atoms with Crippen molar-refractivity contribution in [1.29, 1.82) is 0 Å². The zero-order valence-electron chi connectivity index (χ0n) is 13.6. The van der Waals surface area contributed by atoms with Crippen molar-refractivity contribution >= 4 is 33.1 Å². The molecule has 1 aliphatic heterocycles. The summed E-state index contributed by atoms with van der Waals surface area (Å²) in [5.74, 6) is 0. The number of hydrogen-bond donors (Lipinski definition) is 1. The van der Waals surface area contributed by atoms with Crippen molar-refractivity contribution in [3.05, 3.63) is 29.0 Å². The Hall–Kier alpha value is -1.60. The van der Waals surface area contributed by atoms with Crippen molar-refractivity contribution < 1.29 is 14.3 Å². The molecule has 1 aliphatic rings. The number of ether oxygens (including phenoxy) is 2. The number of amides is 1. The zero-order chi connectivity index (χ0) is 16.9. The number of nitrogens with one attached hydrogen (secondary N) is 1. The Morgan fingerprint density at radius 2 is 2.04 bits per heavy atom. The number of morpholine rings is 1. The maximum absolute atomic E-state index is 11.5. The maximum Gasteiger partial charge on any atom is 0.410 e. The smallest absolute Gasteiger partial charge is 0.410 e. The highest BCUT2D eigenvalue weighted by atomic mass is 79.9. The van der Waals surface area contributed by atoms with Gasteiger partial charge >= 0.3 is 6.09 Å². The summed E-state index contributed by atoms with van der Waals surface area (Å²) in [5, 5.41) is 0. The van der Waals surface area contributed by atoms with Gasteiger partial charge in [0, 0.05) is 17.6 Å². The molecule has 1 N–H and O–H groups in total. The zero-order valence-corrected chi connectivity index (χ0v) is 15.2. The number of fused-ring (bicyclic) bond motifs is 1. The minimum atomic E-state index is -0.407. The quantitative estimate of drug-likeness (QED) is 0.754. The number of rotatable bonds is 0. The molecule has 1 fully saturated rings. The number of benzene rings is 1. The summed E-state index contributed by atoms with van der Waals surface area (Å²) in [5.41, 5.74) is 1.66. The molecular weight excluding hydrogens is 362 g/mol. The molecule has 7 heteroatoms. The van der Waals surface area contributed by atoms with Crippen molar-refractivity contribution in [2.24, 2.45) is 0 Å². The molecule has 2 heterocycles. The highest BCUT2D eigenvalue weighted by Gasteiger charge is 2.23. The molecule has 0 unspecified atom stereocenters. The van der Waals surface area contributed by atoms with Gasteiger partial charge in [-0.2, -0.15) is 0 Å². The van der Waals surface area contributed by atoms with E-state index in [1.54, 1.807) is 11.2 Å². The van der Waals surface area contributed by atoms with E-state index in [9.17, 15) is 4.79 Å². The van der Waals surface area contributed by atoms with E-state index >= 15 is 0 Å². The van der Waals surface area contributed by atoms with Crippen LogP contribution in [-0.2, 0) is 9.47 Å². The van der Waals surface area contributed by atoms with E-state index < -0.39 is 5.60 Å². The van der Waals surface area contributed by atoms with Gasteiger partial charge in [0.05, 0.1) is 30.6 Å². The van der Waals surface area contributed by atoms with Crippen molar-refractivity contribution in [2.45, 2.75) is 26.4 Å². The number of hydrogen-bond acceptors (Lipinski definition) is 4. The first kappa shape index (κ1) is 17.7. The molecular formula is C16H22BrN3O3. The molecule has 1 aromatic carbocycles. The highest BCUT2D eigenvalue weighted by molar-refractivity contribution is 9.10. The Morgan fingerprint density at radius 1 is 1.35 bits per heavy atom. The second-order valence-electron chi connectivity index (χ2n) is 6.14. The summed E-state index contributed by atoms with van der Waals surface area (Å²) < 4.78 is 11.4. The fourth-order valence-electron chi connectivity index (χ4n) is 1.98. The maximum atomic E-state index is 11.5. The number of imidazole rings is 1. The van der Waals surface area contributed by atoms with E-state index in [4.69, 9.17) is 9.47 Å². The molecule has 0 aliphatic carbocycles. The van der Waals surface area contributed by atoms with Crippen molar-refractivity contribution in [3.63, 3.8) is 0 Å². The Balaban J connectivity index is 0.000000172. The lowest BCUT2D eigenvalue weighted by Gasteiger charge is -2.29. The van der Waals surface area contributed by atoms with Crippen LogP contribution in [0.5, 0.6) is 0 Å². The molecule has 126 valence electrons. The standard InChI is InChI=1S/C9H17NO3.C7H5BrN2/c1-9(2,3)13-8(11)10-4-6-12-7-5-10;8-5-1-2-6-7(3-5)10-4-9-6/h4-7H2,1-3H3;1-4H,(H,9,10). The van der Waals surface area contributed by atoms with Crippen LogP contribution in [0.25, 0.3) is 11.0 Å². The average molecular weight is 384 g/mol. The van der Waals surface area contributed by atoms with Gasteiger partial charge < -0.3 is 19.4 Å². The number of carbonyl (C=O) groups excluding carboxylic acids is 1. The van der Waals surface area contributed by atoms with Gasteiger partial charge in [-0.3, -0.25) is 0 Å². The topological polar surface area (TPSA) is 67.5 Å². The molecule has 0 saturated carbocycles. The van der Waals surface area contributed by atoms with E-state index in [0.717, 1.165) is 15.5 Å². The van der Waals surface area contributed by atoms with E-state index in [1.807, 2.05) is 39.0 Å². The van der Waals surface area contributed by atoms with Gasteiger partial charge in [-0.05, 0) is 39.0 Å². The molecule has 1 saturated heterocycles. The first-order chi connectivity index (χ1) is 10.8. The van der Waals surface area contributed by atoms with Crippen LogP contribution in [0.15, 0.2) is 29.0 Å². The molecule has 0 bridgehead atoms.